The molecule has 1 heterocycles. The first-order chi connectivity index (χ1) is 7.75. The van der Waals surface area contributed by atoms with E-state index in [1.807, 2.05) is 12.1 Å². The number of phenolic OH excluding ortho intramolecular Hbond substituents is 1. The minimum absolute atomic E-state index is 0.260. The number of aromatic hydroxyl groups is 1. The van der Waals surface area contributed by atoms with Gasteiger partial charge in [-0.2, -0.15) is 5.10 Å². The largest absolute Gasteiger partial charge is 0.508 e. The molecule has 1 aliphatic rings. The molecule has 0 amide bonds. The van der Waals surface area contributed by atoms with Crippen LogP contribution in [0.2, 0.25) is 0 Å². The number of aromatic amines is 1. The summed E-state index contributed by atoms with van der Waals surface area (Å²) in [5.74, 6) is 1.11. The average Bonchev–Trinajstić information content (AvgIpc) is 3.04. The number of nitrogens with zero attached hydrogens (tertiary/aromatic N) is 2. The van der Waals surface area contributed by atoms with Crippen molar-refractivity contribution in [1.29, 1.82) is 0 Å². The van der Waals surface area contributed by atoms with Crippen LogP contribution < -0.4 is 0 Å². The molecule has 0 atom stereocenters. The SMILES string of the molecule is Oc1ccc(-c2n[nH]c(=S)n2C2CC2)cc1. The van der Waals surface area contributed by atoms with Crippen molar-refractivity contribution in [2.24, 2.45) is 0 Å². The maximum Gasteiger partial charge on any atom is 0.195 e. The highest BCUT2D eigenvalue weighted by Gasteiger charge is 2.27. The molecule has 5 heteroatoms. The molecule has 1 aromatic heterocycles. The van der Waals surface area contributed by atoms with Gasteiger partial charge in [-0.05, 0) is 49.3 Å². The van der Waals surface area contributed by atoms with Gasteiger partial charge in [-0.25, -0.2) is 0 Å². The van der Waals surface area contributed by atoms with E-state index in [0.29, 0.717) is 10.8 Å². The molecule has 0 bridgehead atoms. The quantitative estimate of drug-likeness (QED) is 0.784. The van der Waals surface area contributed by atoms with Gasteiger partial charge < -0.3 is 5.11 Å². The monoisotopic (exact) mass is 233 g/mol. The topological polar surface area (TPSA) is 53.8 Å². The van der Waals surface area contributed by atoms with Crippen LogP contribution in [0.3, 0.4) is 0 Å². The summed E-state index contributed by atoms with van der Waals surface area (Å²) < 4.78 is 2.73. The van der Waals surface area contributed by atoms with Gasteiger partial charge >= 0.3 is 0 Å². The highest BCUT2D eigenvalue weighted by molar-refractivity contribution is 7.71. The fourth-order valence-electron chi connectivity index (χ4n) is 1.79. The lowest BCUT2D eigenvalue weighted by Crippen LogP contribution is -1.97. The molecule has 16 heavy (non-hydrogen) atoms. The van der Waals surface area contributed by atoms with E-state index in [2.05, 4.69) is 14.8 Å². The number of rotatable bonds is 2. The first-order valence-electron chi connectivity index (χ1n) is 5.22. The Labute approximate surface area is 97.6 Å². The predicted octanol–water partition coefficient (Wildman–Crippen LogP) is 2.65. The van der Waals surface area contributed by atoms with Crippen molar-refractivity contribution in [2.45, 2.75) is 18.9 Å². The van der Waals surface area contributed by atoms with Gasteiger partial charge in [0.15, 0.2) is 10.6 Å². The van der Waals surface area contributed by atoms with E-state index in [1.165, 1.54) is 12.8 Å². The molecule has 4 nitrogen and oxygen atoms in total. The Hall–Kier alpha value is -1.62. The van der Waals surface area contributed by atoms with Gasteiger partial charge in [0.05, 0.1) is 0 Å². The zero-order valence-electron chi connectivity index (χ0n) is 8.55. The second-order valence-electron chi connectivity index (χ2n) is 4.00. The fraction of sp³-hybridized carbons (Fsp3) is 0.273. The van der Waals surface area contributed by atoms with Crippen LogP contribution in [-0.2, 0) is 0 Å². The summed E-state index contributed by atoms with van der Waals surface area (Å²) in [4.78, 5) is 0. The minimum Gasteiger partial charge on any atom is -0.508 e. The number of hydrogen-bond acceptors (Lipinski definition) is 3. The third kappa shape index (κ3) is 1.53. The molecule has 0 spiro atoms. The Morgan fingerprint density at radius 2 is 2.00 bits per heavy atom. The van der Waals surface area contributed by atoms with Gasteiger partial charge in [-0.1, -0.05) is 0 Å². The van der Waals surface area contributed by atoms with Crippen molar-refractivity contribution < 1.29 is 5.11 Å². The molecule has 0 radical (unpaired) electrons. The molecule has 2 aromatic rings. The summed E-state index contributed by atoms with van der Waals surface area (Å²) in [5.41, 5.74) is 0.969. The van der Waals surface area contributed by atoms with E-state index in [1.54, 1.807) is 12.1 Å². The molecule has 82 valence electrons. The zero-order valence-corrected chi connectivity index (χ0v) is 9.37. The third-order valence-electron chi connectivity index (χ3n) is 2.74. The summed E-state index contributed by atoms with van der Waals surface area (Å²) in [7, 11) is 0. The molecule has 0 unspecified atom stereocenters. The van der Waals surface area contributed by atoms with Crippen LogP contribution in [0.25, 0.3) is 11.4 Å². The summed E-state index contributed by atoms with van der Waals surface area (Å²) in [6.07, 6.45) is 2.33. The molecule has 0 saturated heterocycles. The van der Waals surface area contributed by atoms with E-state index in [9.17, 15) is 5.11 Å². The standard InChI is InChI=1S/C11H11N3OS/c15-9-5-1-7(2-6-9)10-12-13-11(16)14(10)8-3-4-8/h1-2,5-6,8,15H,3-4H2,(H,13,16). The maximum absolute atomic E-state index is 9.24. The van der Waals surface area contributed by atoms with Crippen molar-refractivity contribution >= 4 is 12.2 Å². The smallest absolute Gasteiger partial charge is 0.195 e. The van der Waals surface area contributed by atoms with Crippen LogP contribution in [0.5, 0.6) is 5.75 Å². The van der Waals surface area contributed by atoms with E-state index in [4.69, 9.17) is 12.2 Å². The number of aromatic nitrogens is 3. The molecule has 1 aromatic carbocycles. The Bertz CT molecular complexity index is 566. The molecule has 1 saturated carbocycles. The Balaban J connectivity index is 2.12. The number of H-pyrrole nitrogens is 1. The van der Waals surface area contributed by atoms with Gasteiger partial charge in [-0.15, -0.1) is 0 Å². The van der Waals surface area contributed by atoms with Crippen LogP contribution in [0.1, 0.15) is 18.9 Å². The summed E-state index contributed by atoms with van der Waals surface area (Å²) in [6, 6.07) is 7.50. The molecule has 2 N–H and O–H groups in total. The van der Waals surface area contributed by atoms with Gasteiger partial charge in [0, 0.05) is 11.6 Å². The zero-order chi connectivity index (χ0) is 11.1. The van der Waals surface area contributed by atoms with E-state index in [-0.39, 0.29) is 5.75 Å². The van der Waals surface area contributed by atoms with Crippen molar-refractivity contribution in [2.75, 3.05) is 0 Å². The molecule has 0 aliphatic heterocycles. The molecule has 3 rings (SSSR count). The van der Waals surface area contributed by atoms with Crippen LogP contribution in [0.4, 0.5) is 0 Å². The van der Waals surface area contributed by atoms with Crippen molar-refractivity contribution in [3.05, 3.63) is 29.0 Å². The number of benzene rings is 1. The van der Waals surface area contributed by atoms with Crippen molar-refractivity contribution in [3.8, 4) is 17.1 Å². The number of hydrogen-bond donors (Lipinski definition) is 2. The highest BCUT2D eigenvalue weighted by atomic mass is 32.1. The second kappa shape index (κ2) is 3.45. The number of nitrogens with one attached hydrogen (secondary N) is 1. The summed E-state index contributed by atoms with van der Waals surface area (Å²) >= 11 is 5.21. The Kier molecular flexibility index (Phi) is 2.07. The molecule has 1 fully saturated rings. The van der Waals surface area contributed by atoms with E-state index in [0.717, 1.165) is 11.4 Å². The molecular formula is C11H11N3OS. The third-order valence-corrected chi connectivity index (χ3v) is 3.03. The van der Waals surface area contributed by atoms with E-state index >= 15 is 0 Å². The van der Waals surface area contributed by atoms with Gasteiger partial charge in [0.25, 0.3) is 0 Å². The van der Waals surface area contributed by atoms with Crippen LogP contribution in [0.15, 0.2) is 24.3 Å². The molecular weight excluding hydrogens is 222 g/mol. The molecule has 1 aliphatic carbocycles. The maximum atomic E-state index is 9.24. The van der Waals surface area contributed by atoms with Gasteiger partial charge in [0.2, 0.25) is 0 Å². The summed E-state index contributed by atoms with van der Waals surface area (Å²) in [5, 5.41) is 16.3. The first kappa shape index (κ1) is 9.59. The van der Waals surface area contributed by atoms with Crippen molar-refractivity contribution in [1.82, 2.24) is 14.8 Å². The minimum atomic E-state index is 0.260. The van der Waals surface area contributed by atoms with Gasteiger partial charge in [0.1, 0.15) is 5.75 Å². The van der Waals surface area contributed by atoms with E-state index < -0.39 is 0 Å². The number of phenols is 1. The van der Waals surface area contributed by atoms with Crippen LogP contribution in [-0.4, -0.2) is 19.9 Å². The van der Waals surface area contributed by atoms with Crippen LogP contribution >= 0.6 is 12.2 Å². The normalized spacial score (nSPS) is 15.2. The lowest BCUT2D eigenvalue weighted by molar-refractivity contribution is 0.475. The Morgan fingerprint density at radius 3 is 2.62 bits per heavy atom. The highest BCUT2D eigenvalue weighted by Crippen LogP contribution is 2.38. The predicted molar refractivity (Wildman–Crippen MR) is 62.8 cm³/mol. The lowest BCUT2D eigenvalue weighted by Gasteiger charge is -2.04. The van der Waals surface area contributed by atoms with Gasteiger partial charge in [-0.3, -0.25) is 9.67 Å². The second-order valence-corrected chi connectivity index (χ2v) is 4.39. The average molecular weight is 233 g/mol. The fourth-order valence-corrected chi connectivity index (χ4v) is 2.07. The Morgan fingerprint density at radius 1 is 1.31 bits per heavy atom. The summed E-state index contributed by atoms with van der Waals surface area (Å²) in [6.45, 7) is 0. The van der Waals surface area contributed by atoms with Crippen LogP contribution in [0, 0.1) is 4.77 Å². The van der Waals surface area contributed by atoms with Crippen molar-refractivity contribution in [3.63, 3.8) is 0 Å². The first-order valence-corrected chi connectivity index (χ1v) is 5.63. The lowest BCUT2D eigenvalue weighted by atomic mass is 10.2.